The normalized spacial score (nSPS) is 21.8. The van der Waals surface area contributed by atoms with Gasteiger partial charge >= 0.3 is 0 Å². The molecule has 0 saturated carbocycles. The minimum atomic E-state index is 0.366. The molecule has 1 rings (SSSR count). The van der Waals surface area contributed by atoms with Crippen LogP contribution in [0.1, 0.15) is 13.3 Å². The molecule has 1 fully saturated rings. The maximum absolute atomic E-state index is 6.09. The van der Waals surface area contributed by atoms with Crippen LogP contribution in [0.3, 0.4) is 0 Å². The van der Waals surface area contributed by atoms with Gasteiger partial charge in [-0.1, -0.05) is 6.92 Å². The summed E-state index contributed by atoms with van der Waals surface area (Å²) >= 11 is 1.89. The molecule has 2 N–H and O–H groups in total. The van der Waals surface area contributed by atoms with E-state index in [0.717, 1.165) is 13.0 Å². The van der Waals surface area contributed by atoms with Crippen LogP contribution in [0.15, 0.2) is 0 Å². The first-order chi connectivity index (χ1) is 7.26. The van der Waals surface area contributed by atoms with Crippen molar-refractivity contribution in [1.29, 1.82) is 0 Å². The molecule has 0 aromatic heterocycles. The van der Waals surface area contributed by atoms with E-state index in [4.69, 9.17) is 5.73 Å². The van der Waals surface area contributed by atoms with Gasteiger partial charge in [0.15, 0.2) is 0 Å². The van der Waals surface area contributed by atoms with Crippen molar-refractivity contribution in [1.82, 2.24) is 9.80 Å². The molecule has 0 bridgehead atoms. The third-order valence-corrected chi connectivity index (χ3v) is 3.74. The van der Waals surface area contributed by atoms with Crippen LogP contribution in [0.2, 0.25) is 0 Å². The average Bonchev–Trinajstić information content (AvgIpc) is 2.27. The summed E-state index contributed by atoms with van der Waals surface area (Å²) in [6.45, 7) is 9.32. The van der Waals surface area contributed by atoms with Crippen molar-refractivity contribution in [2.75, 3.05) is 51.3 Å². The summed E-state index contributed by atoms with van der Waals surface area (Å²) in [5, 5.41) is 0. The minimum Gasteiger partial charge on any atom is -0.327 e. The Balaban J connectivity index is 2.12. The summed E-state index contributed by atoms with van der Waals surface area (Å²) < 4.78 is 0. The van der Waals surface area contributed by atoms with E-state index in [-0.39, 0.29) is 0 Å². The van der Waals surface area contributed by atoms with Gasteiger partial charge in [0.1, 0.15) is 0 Å². The van der Waals surface area contributed by atoms with Gasteiger partial charge in [-0.05, 0) is 25.0 Å². The van der Waals surface area contributed by atoms with E-state index >= 15 is 0 Å². The largest absolute Gasteiger partial charge is 0.327 e. The van der Waals surface area contributed by atoms with E-state index in [0.29, 0.717) is 6.04 Å². The standard InChI is InChI=1S/C11H25N3S/c1-3-13-5-7-14(8-6-13)10-11(12)4-9-15-2/h11H,3-10,12H2,1-2H3. The summed E-state index contributed by atoms with van der Waals surface area (Å²) in [6.07, 6.45) is 3.29. The SMILES string of the molecule is CCN1CCN(CC(N)CCSC)CC1. The third-order valence-electron chi connectivity index (χ3n) is 3.10. The summed E-state index contributed by atoms with van der Waals surface area (Å²) in [5.74, 6) is 1.19. The number of nitrogens with two attached hydrogens (primary N) is 1. The summed E-state index contributed by atoms with van der Waals surface area (Å²) in [6, 6.07) is 0.366. The smallest absolute Gasteiger partial charge is 0.0175 e. The Hall–Kier alpha value is 0.230. The number of nitrogens with zero attached hydrogens (tertiary/aromatic N) is 2. The van der Waals surface area contributed by atoms with E-state index in [1.807, 2.05) is 11.8 Å². The zero-order chi connectivity index (χ0) is 11.1. The van der Waals surface area contributed by atoms with Crippen molar-refractivity contribution in [3.8, 4) is 0 Å². The predicted molar refractivity (Wildman–Crippen MR) is 69.5 cm³/mol. The van der Waals surface area contributed by atoms with Crippen LogP contribution in [-0.2, 0) is 0 Å². The molecule has 1 heterocycles. The second kappa shape index (κ2) is 7.49. The highest BCUT2D eigenvalue weighted by molar-refractivity contribution is 7.98. The molecule has 1 aliphatic rings. The van der Waals surface area contributed by atoms with Crippen LogP contribution in [0.5, 0.6) is 0 Å². The van der Waals surface area contributed by atoms with Crippen LogP contribution in [-0.4, -0.2) is 67.1 Å². The van der Waals surface area contributed by atoms with Crippen LogP contribution < -0.4 is 5.73 Å². The average molecular weight is 231 g/mol. The van der Waals surface area contributed by atoms with Gasteiger partial charge in [0, 0.05) is 38.8 Å². The summed E-state index contributed by atoms with van der Waals surface area (Å²) in [5.41, 5.74) is 6.09. The maximum atomic E-state index is 6.09. The first-order valence-electron chi connectivity index (χ1n) is 5.95. The van der Waals surface area contributed by atoms with Gasteiger partial charge in [-0.15, -0.1) is 0 Å². The molecule has 0 aromatic carbocycles. The summed E-state index contributed by atoms with van der Waals surface area (Å²) in [7, 11) is 0. The Bertz CT molecular complexity index is 158. The molecule has 0 spiro atoms. The second-order valence-electron chi connectivity index (χ2n) is 4.28. The fraction of sp³-hybridized carbons (Fsp3) is 1.00. The Labute approximate surface area is 98.4 Å². The van der Waals surface area contributed by atoms with Crippen molar-refractivity contribution in [2.24, 2.45) is 5.73 Å². The van der Waals surface area contributed by atoms with Crippen LogP contribution in [0.4, 0.5) is 0 Å². The maximum Gasteiger partial charge on any atom is 0.0175 e. The van der Waals surface area contributed by atoms with Crippen molar-refractivity contribution < 1.29 is 0 Å². The molecule has 1 atom stereocenters. The highest BCUT2D eigenvalue weighted by Gasteiger charge is 2.16. The van der Waals surface area contributed by atoms with Gasteiger partial charge in [-0.2, -0.15) is 11.8 Å². The molecule has 0 radical (unpaired) electrons. The lowest BCUT2D eigenvalue weighted by Gasteiger charge is -2.35. The van der Waals surface area contributed by atoms with E-state index < -0.39 is 0 Å². The van der Waals surface area contributed by atoms with Crippen molar-refractivity contribution in [2.45, 2.75) is 19.4 Å². The molecule has 90 valence electrons. The quantitative estimate of drug-likeness (QED) is 0.729. The Kier molecular flexibility index (Phi) is 6.64. The lowest BCUT2D eigenvalue weighted by molar-refractivity contribution is 0.131. The molecule has 1 unspecified atom stereocenters. The van der Waals surface area contributed by atoms with Gasteiger partial charge in [0.2, 0.25) is 0 Å². The lowest BCUT2D eigenvalue weighted by Crippen LogP contribution is -2.49. The van der Waals surface area contributed by atoms with Crippen LogP contribution in [0.25, 0.3) is 0 Å². The molecule has 4 heteroatoms. The monoisotopic (exact) mass is 231 g/mol. The van der Waals surface area contributed by atoms with E-state index in [1.165, 1.54) is 38.5 Å². The van der Waals surface area contributed by atoms with E-state index in [9.17, 15) is 0 Å². The first kappa shape index (κ1) is 13.3. The Morgan fingerprint density at radius 3 is 2.33 bits per heavy atom. The van der Waals surface area contributed by atoms with Crippen LogP contribution in [0, 0.1) is 0 Å². The van der Waals surface area contributed by atoms with Crippen molar-refractivity contribution >= 4 is 11.8 Å². The highest BCUT2D eigenvalue weighted by Crippen LogP contribution is 2.04. The third kappa shape index (κ3) is 5.20. The Morgan fingerprint density at radius 1 is 1.20 bits per heavy atom. The number of thioether (sulfide) groups is 1. The number of rotatable bonds is 6. The number of hydrogen-bond acceptors (Lipinski definition) is 4. The van der Waals surface area contributed by atoms with Crippen LogP contribution >= 0.6 is 11.8 Å². The molecule has 0 aromatic rings. The fourth-order valence-corrected chi connectivity index (χ4v) is 2.52. The molecule has 1 aliphatic heterocycles. The van der Waals surface area contributed by atoms with Gasteiger partial charge < -0.3 is 10.6 Å². The second-order valence-corrected chi connectivity index (χ2v) is 5.26. The number of likely N-dealkylation sites (N-methyl/N-ethyl adjacent to an activating group) is 1. The van der Waals surface area contributed by atoms with Gasteiger partial charge in [0.25, 0.3) is 0 Å². The molecular formula is C11H25N3S. The first-order valence-corrected chi connectivity index (χ1v) is 7.35. The van der Waals surface area contributed by atoms with Crippen molar-refractivity contribution in [3.63, 3.8) is 0 Å². The molecule has 0 amide bonds. The lowest BCUT2D eigenvalue weighted by atomic mass is 10.2. The van der Waals surface area contributed by atoms with E-state index in [1.54, 1.807) is 0 Å². The molecule has 1 saturated heterocycles. The minimum absolute atomic E-state index is 0.366. The molecule has 3 nitrogen and oxygen atoms in total. The fourth-order valence-electron chi connectivity index (χ4n) is 1.98. The summed E-state index contributed by atoms with van der Waals surface area (Å²) in [4.78, 5) is 5.01. The molecule has 0 aliphatic carbocycles. The molecule has 15 heavy (non-hydrogen) atoms. The van der Waals surface area contributed by atoms with Gasteiger partial charge in [0.05, 0.1) is 0 Å². The number of hydrogen-bond donors (Lipinski definition) is 1. The molecular weight excluding hydrogens is 206 g/mol. The predicted octanol–water partition coefficient (Wildman–Crippen LogP) is 0.704. The van der Waals surface area contributed by atoms with E-state index in [2.05, 4.69) is 23.0 Å². The topological polar surface area (TPSA) is 32.5 Å². The Morgan fingerprint density at radius 2 is 1.80 bits per heavy atom. The zero-order valence-corrected chi connectivity index (χ0v) is 10.9. The van der Waals surface area contributed by atoms with Gasteiger partial charge in [-0.25, -0.2) is 0 Å². The highest BCUT2D eigenvalue weighted by atomic mass is 32.2. The zero-order valence-electron chi connectivity index (χ0n) is 10.1. The van der Waals surface area contributed by atoms with Crippen molar-refractivity contribution in [3.05, 3.63) is 0 Å². The number of piperazine rings is 1. The van der Waals surface area contributed by atoms with Gasteiger partial charge in [-0.3, -0.25) is 4.90 Å².